The van der Waals surface area contributed by atoms with Gasteiger partial charge in [-0.3, -0.25) is 0 Å². The normalized spacial score (nSPS) is 25.6. The van der Waals surface area contributed by atoms with Crippen LogP contribution in [0.15, 0.2) is 0 Å². The van der Waals surface area contributed by atoms with Crippen molar-refractivity contribution in [1.29, 1.82) is 0 Å². The van der Waals surface area contributed by atoms with Gasteiger partial charge >= 0.3 is 6.18 Å². The number of halogens is 3. The lowest BCUT2D eigenvalue weighted by atomic mass is 9.77. The molecule has 0 aromatic heterocycles. The first-order chi connectivity index (χ1) is 9.49. The molecule has 1 rings (SSSR count). The maximum atomic E-state index is 12.7. The lowest BCUT2D eigenvalue weighted by molar-refractivity contribution is -0.184. The molecule has 0 heterocycles. The largest absolute Gasteiger partial charge is 0.391 e. The second-order valence-electron chi connectivity index (χ2n) is 6.25. The molecule has 4 heteroatoms. The van der Waals surface area contributed by atoms with Crippen LogP contribution < -0.4 is 5.32 Å². The summed E-state index contributed by atoms with van der Waals surface area (Å²) in [5, 5.41) is 3.33. The second kappa shape index (κ2) is 8.91. The first-order valence-corrected chi connectivity index (χ1v) is 8.23. The monoisotopic (exact) mass is 293 g/mol. The molecule has 1 saturated carbocycles. The molecule has 0 amide bonds. The van der Waals surface area contributed by atoms with E-state index < -0.39 is 12.1 Å². The molecular formula is C16H30F3N. The molecule has 1 unspecified atom stereocenters. The third-order valence-corrected chi connectivity index (χ3v) is 4.79. The van der Waals surface area contributed by atoms with Crippen LogP contribution in [-0.4, -0.2) is 19.3 Å². The van der Waals surface area contributed by atoms with Gasteiger partial charge in [-0.05, 0) is 45.1 Å². The molecule has 0 aromatic carbocycles. The Morgan fingerprint density at radius 3 is 2.10 bits per heavy atom. The summed E-state index contributed by atoms with van der Waals surface area (Å²) < 4.78 is 38.0. The molecule has 0 bridgehead atoms. The fourth-order valence-corrected chi connectivity index (χ4v) is 3.43. The zero-order valence-corrected chi connectivity index (χ0v) is 12.9. The van der Waals surface area contributed by atoms with Crippen molar-refractivity contribution in [2.75, 3.05) is 7.05 Å². The lowest BCUT2D eigenvalue weighted by Gasteiger charge is -2.34. The molecule has 1 atom stereocenters. The van der Waals surface area contributed by atoms with Gasteiger partial charge in [0, 0.05) is 6.04 Å². The van der Waals surface area contributed by atoms with E-state index in [1.54, 1.807) is 0 Å². The molecule has 1 nitrogen and oxygen atoms in total. The Kier molecular flexibility index (Phi) is 7.93. The Balaban J connectivity index is 2.26. The summed E-state index contributed by atoms with van der Waals surface area (Å²) in [5.41, 5.74) is 0. The summed E-state index contributed by atoms with van der Waals surface area (Å²) >= 11 is 0. The summed E-state index contributed by atoms with van der Waals surface area (Å²) in [7, 11) is 1.95. The summed E-state index contributed by atoms with van der Waals surface area (Å²) in [6.07, 6.45) is 5.50. The van der Waals surface area contributed by atoms with E-state index in [0.29, 0.717) is 24.8 Å². The molecule has 0 aromatic rings. The van der Waals surface area contributed by atoms with E-state index >= 15 is 0 Å². The highest BCUT2D eigenvalue weighted by atomic mass is 19.4. The van der Waals surface area contributed by atoms with Gasteiger partial charge in [-0.15, -0.1) is 0 Å². The molecule has 0 spiro atoms. The van der Waals surface area contributed by atoms with Gasteiger partial charge in [0.05, 0.1) is 5.92 Å². The predicted molar refractivity (Wildman–Crippen MR) is 77.7 cm³/mol. The SMILES string of the molecule is CCCCCCCC(NC)C1CCC(C(F)(F)F)CC1. The zero-order chi connectivity index (χ0) is 15.0. The Bertz CT molecular complexity index is 245. The molecular weight excluding hydrogens is 263 g/mol. The average molecular weight is 293 g/mol. The quantitative estimate of drug-likeness (QED) is 0.598. The maximum Gasteiger partial charge on any atom is 0.391 e. The van der Waals surface area contributed by atoms with Crippen LogP contribution in [0.4, 0.5) is 13.2 Å². The first-order valence-electron chi connectivity index (χ1n) is 8.23. The van der Waals surface area contributed by atoms with Crippen molar-refractivity contribution in [3.63, 3.8) is 0 Å². The third-order valence-electron chi connectivity index (χ3n) is 4.79. The summed E-state index contributed by atoms with van der Waals surface area (Å²) in [6.45, 7) is 2.20. The summed E-state index contributed by atoms with van der Waals surface area (Å²) in [4.78, 5) is 0. The van der Waals surface area contributed by atoms with Gasteiger partial charge in [0.15, 0.2) is 0 Å². The van der Waals surface area contributed by atoms with Crippen LogP contribution in [0.2, 0.25) is 0 Å². The van der Waals surface area contributed by atoms with Crippen molar-refractivity contribution in [1.82, 2.24) is 5.32 Å². The number of alkyl halides is 3. The van der Waals surface area contributed by atoms with Crippen LogP contribution in [-0.2, 0) is 0 Å². The Morgan fingerprint density at radius 2 is 1.60 bits per heavy atom. The minimum absolute atomic E-state index is 0.322. The molecule has 1 fully saturated rings. The fraction of sp³-hybridized carbons (Fsp3) is 1.00. The highest BCUT2D eigenvalue weighted by molar-refractivity contribution is 4.83. The minimum Gasteiger partial charge on any atom is -0.317 e. The van der Waals surface area contributed by atoms with E-state index in [0.717, 1.165) is 19.3 Å². The molecule has 0 radical (unpaired) electrons. The molecule has 0 saturated heterocycles. The number of unbranched alkanes of at least 4 members (excludes halogenated alkanes) is 4. The van der Waals surface area contributed by atoms with Gasteiger partial charge in [-0.1, -0.05) is 39.0 Å². The number of rotatable bonds is 8. The van der Waals surface area contributed by atoms with E-state index in [1.165, 1.54) is 32.1 Å². The first kappa shape index (κ1) is 17.8. The Hall–Kier alpha value is -0.250. The van der Waals surface area contributed by atoms with Gasteiger partial charge in [0.25, 0.3) is 0 Å². The molecule has 20 heavy (non-hydrogen) atoms. The molecule has 120 valence electrons. The van der Waals surface area contributed by atoms with Crippen molar-refractivity contribution in [3.8, 4) is 0 Å². The van der Waals surface area contributed by atoms with Gasteiger partial charge < -0.3 is 5.32 Å². The number of hydrogen-bond acceptors (Lipinski definition) is 1. The van der Waals surface area contributed by atoms with E-state index in [-0.39, 0.29) is 0 Å². The van der Waals surface area contributed by atoms with Crippen molar-refractivity contribution >= 4 is 0 Å². The molecule has 0 aliphatic heterocycles. The highest BCUT2D eigenvalue weighted by Crippen LogP contribution is 2.40. The summed E-state index contributed by atoms with van der Waals surface area (Å²) in [6, 6.07) is 0.408. The van der Waals surface area contributed by atoms with Gasteiger partial charge in [-0.2, -0.15) is 13.2 Å². The van der Waals surface area contributed by atoms with E-state index in [1.807, 2.05) is 7.05 Å². The fourth-order valence-electron chi connectivity index (χ4n) is 3.43. The van der Waals surface area contributed by atoms with Crippen LogP contribution in [0.5, 0.6) is 0 Å². The van der Waals surface area contributed by atoms with Crippen molar-refractivity contribution in [3.05, 3.63) is 0 Å². The van der Waals surface area contributed by atoms with Gasteiger partial charge in [-0.25, -0.2) is 0 Å². The maximum absolute atomic E-state index is 12.7. The average Bonchev–Trinajstić information content (AvgIpc) is 2.42. The molecule has 1 N–H and O–H groups in total. The van der Waals surface area contributed by atoms with Gasteiger partial charge in [0.1, 0.15) is 0 Å². The van der Waals surface area contributed by atoms with Crippen LogP contribution in [0.3, 0.4) is 0 Å². The van der Waals surface area contributed by atoms with Crippen LogP contribution >= 0.6 is 0 Å². The van der Waals surface area contributed by atoms with E-state index in [9.17, 15) is 13.2 Å². The number of hydrogen-bond donors (Lipinski definition) is 1. The standard InChI is InChI=1S/C16H30F3N/c1-3-4-5-6-7-8-15(20-2)13-9-11-14(12-10-13)16(17,18)19/h13-15,20H,3-12H2,1-2H3. The van der Waals surface area contributed by atoms with Crippen molar-refractivity contribution in [2.45, 2.75) is 83.4 Å². The van der Waals surface area contributed by atoms with E-state index in [4.69, 9.17) is 0 Å². The topological polar surface area (TPSA) is 12.0 Å². The highest BCUT2D eigenvalue weighted by Gasteiger charge is 2.42. The Morgan fingerprint density at radius 1 is 1.00 bits per heavy atom. The smallest absolute Gasteiger partial charge is 0.317 e. The molecule has 1 aliphatic rings. The summed E-state index contributed by atoms with van der Waals surface area (Å²) in [5.74, 6) is -0.620. The van der Waals surface area contributed by atoms with Crippen molar-refractivity contribution < 1.29 is 13.2 Å². The molecule has 1 aliphatic carbocycles. The zero-order valence-electron chi connectivity index (χ0n) is 12.9. The van der Waals surface area contributed by atoms with Crippen molar-refractivity contribution in [2.24, 2.45) is 11.8 Å². The van der Waals surface area contributed by atoms with E-state index in [2.05, 4.69) is 12.2 Å². The van der Waals surface area contributed by atoms with Crippen LogP contribution in [0.25, 0.3) is 0 Å². The van der Waals surface area contributed by atoms with Crippen LogP contribution in [0, 0.1) is 11.8 Å². The Labute approximate surface area is 121 Å². The number of nitrogens with one attached hydrogen (secondary N) is 1. The third kappa shape index (κ3) is 6.02. The lowest BCUT2D eigenvalue weighted by Crippen LogP contribution is -2.38. The van der Waals surface area contributed by atoms with Gasteiger partial charge in [0.2, 0.25) is 0 Å². The minimum atomic E-state index is -3.99. The van der Waals surface area contributed by atoms with Crippen LogP contribution in [0.1, 0.15) is 71.1 Å². The second-order valence-corrected chi connectivity index (χ2v) is 6.25. The predicted octanol–water partition coefficient (Wildman–Crippen LogP) is 5.30.